The Bertz CT molecular complexity index is 867. The zero-order chi connectivity index (χ0) is 21.2. The Morgan fingerprint density at radius 1 is 1.17 bits per heavy atom. The summed E-state index contributed by atoms with van der Waals surface area (Å²) in [4.78, 5) is 30.3. The van der Waals surface area contributed by atoms with Gasteiger partial charge in [-0.3, -0.25) is 4.79 Å². The smallest absolute Gasteiger partial charge is 0.434 e. The fourth-order valence-corrected chi connectivity index (χ4v) is 4.40. The first-order valence-corrected chi connectivity index (χ1v) is 9.90. The molecule has 1 saturated carbocycles. The summed E-state index contributed by atoms with van der Waals surface area (Å²) in [5, 5.41) is 7.15. The molecule has 0 bridgehead atoms. The van der Waals surface area contributed by atoms with E-state index in [0.717, 1.165) is 28.0 Å². The van der Waals surface area contributed by atoms with Gasteiger partial charge < -0.3 is 19.6 Å². The average Bonchev–Trinajstić information content (AvgIpc) is 2.89. The normalized spacial score (nSPS) is 21.3. The van der Waals surface area contributed by atoms with Gasteiger partial charge in [-0.05, 0) is 70.1 Å². The number of hydrogen-bond donors (Lipinski definition) is 1. The van der Waals surface area contributed by atoms with Gasteiger partial charge in [0.05, 0.1) is 17.9 Å². The van der Waals surface area contributed by atoms with E-state index in [1.165, 1.54) is 7.11 Å². The van der Waals surface area contributed by atoms with Crippen molar-refractivity contribution in [1.82, 2.24) is 5.32 Å². The van der Waals surface area contributed by atoms with E-state index in [1.54, 1.807) is 6.92 Å². The first kappa shape index (κ1) is 20.9. The van der Waals surface area contributed by atoms with Gasteiger partial charge >= 0.3 is 6.16 Å². The molecule has 1 heterocycles. The summed E-state index contributed by atoms with van der Waals surface area (Å²) >= 11 is 0. The number of carbonyl (C=O) groups excluding carboxylic acids is 2. The molecule has 1 spiro atoms. The van der Waals surface area contributed by atoms with Crippen LogP contribution in [-0.2, 0) is 19.1 Å². The summed E-state index contributed by atoms with van der Waals surface area (Å²) in [6.07, 6.45) is 1.63. The highest BCUT2D eigenvalue weighted by Crippen LogP contribution is 2.44. The van der Waals surface area contributed by atoms with Crippen LogP contribution in [0, 0.1) is 20.8 Å². The monoisotopic (exact) mass is 400 g/mol. The molecule has 1 aliphatic heterocycles. The molecule has 0 radical (unpaired) electrons. The van der Waals surface area contributed by atoms with Gasteiger partial charge in [0.1, 0.15) is 18.4 Å². The number of nitrogens with zero attached hydrogens (tertiary/aromatic N) is 1. The van der Waals surface area contributed by atoms with Crippen molar-refractivity contribution >= 4 is 23.3 Å². The Morgan fingerprint density at radius 2 is 1.79 bits per heavy atom. The molecule has 0 atom stereocenters. The van der Waals surface area contributed by atoms with Gasteiger partial charge in [-0.1, -0.05) is 22.9 Å². The standard InChI is InChI=1S/C22H28N2O5/c1-6-28-21(26)29-19-18(17-14(3)11-13(2)12-15(17)4)20(25)23-22(19)9-7-16(8-10-22)24-27-5/h11-12H,6-10H2,1-5H3,(H,23,25). The molecule has 2 aliphatic rings. The van der Waals surface area contributed by atoms with Crippen LogP contribution in [0.4, 0.5) is 4.79 Å². The molecule has 1 aromatic carbocycles. The van der Waals surface area contributed by atoms with Crippen LogP contribution < -0.4 is 5.32 Å². The molecule has 29 heavy (non-hydrogen) atoms. The molecule has 1 aliphatic carbocycles. The summed E-state index contributed by atoms with van der Waals surface area (Å²) in [5.41, 5.74) is 4.44. The molecule has 0 unspecified atom stereocenters. The minimum Gasteiger partial charge on any atom is -0.434 e. The highest BCUT2D eigenvalue weighted by atomic mass is 16.7. The van der Waals surface area contributed by atoms with Crippen LogP contribution in [0.5, 0.6) is 0 Å². The largest absolute Gasteiger partial charge is 0.513 e. The molecule has 0 saturated heterocycles. The van der Waals surface area contributed by atoms with Gasteiger partial charge in [0, 0.05) is 0 Å². The van der Waals surface area contributed by atoms with Crippen molar-refractivity contribution in [3.8, 4) is 0 Å². The van der Waals surface area contributed by atoms with Crippen LogP contribution in [0.25, 0.3) is 5.57 Å². The van der Waals surface area contributed by atoms with Gasteiger partial charge in [-0.2, -0.15) is 0 Å². The Balaban J connectivity index is 2.12. The Labute approximate surface area is 171 Å². The molecule has 0 aromatic heterocycles. The maximum absolute atomic E-state index is 13.1. The highest BCUT2D eigenvalue weighted by Gasteiger charge is 2.50. The molecular formula is C22H28N2O5. The first-order chi connectivity index (χ1) is 13.8. The molecule has 1 aromatic rings. The molecule has 7 heteroatoms. The predicted octanol–water partition coefficient (Wildman–Crippen LogP) is 3.94. The SMILES string of the molecule is CCOC(=O)OC1=C(c2c(C)cc(C)cc2C)C(=O)NC12CCC(=NOC)CC2. The number of ether oxygens (including phenoxy) is 2. The van der Waals surface area contributed by atoms with Crippen molar-refractivity contribution in [2.24, 2.45) is 5.16 Å². The minimum absolute atomic E-state index is 0.197. The lowest BCUT2D eigenvalue weighted by atomic mass is 9.79. The zero-order valence-corrected chi connectivity index (χ0v) is 17.7. The van der Waals surface area contributed by atoms with Crippen molar-refractivity contribution in [1.29, 1.82) is 0 Å². The summed E-state index contributed by atoms with van der Waals surface area (Å²) in [6, 6.07) is 4.06. The molecule has 156 valence electrons. The summed E-state index contributed by atoms with van der Waals surface area (Å²) in [5.74, 6) is 0.124. The Morgan fingerprint density at radius 3 is 2.34 bits per heavy atom. The van der Waals surface area contributed by atoms with Gasteiger partial charge in [0.25, 0.3) is 5.91 Å². The second kappa shape index (κ2) is 8.27. The molecule has 1 fully saturated rings. The zero-order valence-electron chi connectivity index (χ0n) is 17.7. The fraction of sp³-hybridized carbons (Fsp3) is 0.500. The Kier molecular flexibility index (Phi) is 5.96. The third-order valence-corrected chi connectivity index (χ3v) is 5.52. The van der Waals surface area contributed by atoms with Gasteiger partial charge in [0.2, 0.25) is 0 Å². The minimum atomic E-state index is -0.797. The quantitative estimate of drug-likeness (QED) is 0.611. The van der Waals surface area contributed by atoms with E-state index in [9.17, 15) is 9.59 Å². The third kappa shape index (κ3) is 3.99. The highest BCUT2D eigenvalue weighted by molar-refractivity contribution is 6.24. The number of aryl methyl sites for hydroxylation is 3. The molecule has 7 nitrogen and oxygen atoms in total. The van der Waals surface area contributed by atoms with E-state index in [1.807, 2.05) is 32.9 Å². The van der Waals surface area contributed by atoms with Crippen molar-refractivity contribution in [3.05, 3.63) is 40.1 Å². The first-order valence-electron chi connectivity index (χ1n) is 9.90. The van der Waals surface area contributed by atoms with E-state index in [0.29, 0.717) is 37.0 Å². The lowest BCUT2D eigenvalue weighted by Gasteiger charge is -2.35. The maximum Gasteiger partial charge on any atom is 0.513 e. The topological polar surface area (TPSA) is 86.2 Å². The molecule has 1 amide bonds. The second-order valence-electron chi connectivity index (χ2n) is 7.64. The number of hydrogen-bond acceptors (Lipinski definition) is 6. The van der Waals surface area contributed by atoms with Crippen molar-refractivity contribution in [2.45, 2.75) is 58.9 Å². The maximum atomic E-state index is 13.1. The van der Waals surface area contributed by atoms with E-state index in [2.05, 4.69) is 10.5 Å². The third-order valence-electron chi connectivity index (χ3n) is 5.52. The molecular weight excluding hydrogens is 372 g/mol. The summed E-state index contributed by atoms with van der Waals surface area (Å²) in [6.45, 7) is 7.86. The summed E-state index contributed by atoms with van der Waals surface area (Å²) in [7, 11) is 1.52. The lowest BCUT2D eigenvalue weighted by molar-refractivity contribution is -0.116. The van der Waals surface area contributed by atoms with Crippen LogP contribution in [-0.4, -0.2) is 37.0 Å². The number of carbonyl (C=O) groups is 2. The number of oxime groups is 1. The van der Waals surface area contributed by atoms with E-state index < -0.39 is 11.7 Å². The van der Waals surface area contributed by atoms with Gasteiger partial charge in [0.15, 0.2) is 0 Å². The lowest BCUT2D eigenvalue weighted by Crippen LogP contribution is -2.48. The van der Waals surface area contributed by atoms with Gasteiger partial charge in [-0.25, -0.2) is 4.79 Å². The number of nitrogens with one attached hydrogen (secondary N) is 1. The predicted molar refractivity (Wildman–Crippen MR) is 109 cm³/mol. The van der Waals surface area contributed by atoms with Crippen LogP contribution in [0.15, 0.2) is 23.0 Å². The number of amides is 1. The fourth-order valence-electron chi connectivity index (χ4n) is 4.40. The van der Waals surface area contributed by atoms with Crippen LogP contribution in [0.2, 0.25) is 0 Å². The van der Waals surface area contributed by atoms with Crippen LogP contribution >= 0.6 is 0 Å². The average molecular weight is 400 g/mol. The van der Waals surface area contributed by atoms with Crippen LogP contribution in [0.1, 0.15) is 54.9 Å². The van der Waals surface area contributed by atoms with E-state index >= 15 is 0 Å². The number of benzene rings is 1. The van der Waals surface area contributed by atoms with Crippen molar-refractivity contribution in [2.75, 3.05) is 13.7 Å². The molecule has 3 rings (SSSR count). The molecule has 1 N–H and O–H groups in total. The van der Waals surface area contributed by atoms with Crippen molar-refractivity contribution < 1.29 is 23.9 Å². The second-order valence-corrected chi connectivity index (χ2v) is 7.64. The van der Waals surface area contributed by atoms with Crippen LogP contribution in [0.3, 0.4) is 0 Å². The Hall–Kier alpha value is -2.83. The summed E-state index contributed by atoms with van der Waals surface area (Å²) < 4.78 is 10.7. The van der Waals surface area contributed by atoms with Gasteiger partial charge in [-0.15, -0.1) is 0 Å². The van der Waals surface area contributed by atoms with Crippen molar-refractivity contribution in [3.63, 3.8) is 0 Å². The number of rotatable bonds is 4. The van der Waals surface area contributed by atoms with E-state index in [-0.39, 0.29) is 12.5 Å². The van der Waals surface area contributed by atoms with E-state index in [4.69, 9.17) is 14.3 Å².